The van der Waals surface area contributed by atoms with Gasteiger partial charge in [-0.3, -0.25) is 9.59 Å². The molecule has 2 amide bonds. The van der Waals surface area contributed by atoms with E-state index in [0.29, 0.717) is 30.9 Å². The average molecular weight is 466 g/mol. The van der Waals surface area contributed by atoms with E-state index in [1.807, 2.05) is 37.3 Å². The van der Waals surface area contributed by atoms with E-state index in [9.17, 15) is 9.59 Å². The number of benzene rings is 2. The van der Waals surface area contributed by atoms with Gasteiger partial charge in [-0.1, -0.05) is 30.7 Å². The third-order valence-corrected chi connectivity index (χ3v) is 5.74. The van der Waals surface area contributed by atoms with Gasteiger partial charge in [0, 0.05) is 30.5 Å². The molecule has 0 aliphatic carbocycles. The minimum atomic E-state index is -0.570. The van der Waals surface area contributed by atoms with Crippen LogP contribution < -0.4 is 14.8 Å². The normalized spacial score (nSPS) is 15.3. The lowest BCUT2D eigenvalue weighted by Gasteiger charge is -2.23. The molecule has 1 aromatic heterocycles. The van der Waals surface area contributed by atoms with Crippen molar-refractivity contribution in [1.29, 1.82) is 0 Å². The zero-order valence-electron chi connectivity index (χ0n) is 18.4. The Kier molecular flexibility index (Phi) is 6.79. The first-order valence-electron chi connectivity index (χ1n) is 10.6. The summed E-state index contributed by atoms with van der Waals surface area (Å²) in [6.07, 6.45) is 1.51. The van der Waals surface area contributed by atoms with Gasteiger partial charge in [0.25, 0.3) is 11.8 Å². The lowest BCUT2D eigenvalue weighted by Crippen LogP contribution is -2.38. The van der Waals surface area contributed by atoms with Crippen molar-refractivity contribution < 1.29 is 19.1 Å². The number of ether oxygens (including phenoxy) is 2. The van der Waals surface area contributed by atoms with E-state index in [1.54, 1.807) is 36.3 Å². The number of pyridine rings is 1. The molecule has 3 aromatic rings. The van der Waals surface area contributed by atoms with Crippen LogP contribution in [0.3, 0.4) is 0 Å². The van der Waals surface area contributed by atoms with Crippen LogP contribution in [-0.4, -0.2) is 34.9 Å². The number of hydrogen-bond donors (Lipinski definition) is 1. The molecule has 170 valence electrons. The molecule has 0 fully saturated rings. The van der Waals surface area contributed by atoms with Crippen molar-refractivity contribution in [3.63, 3.8) is 0 Å². The minimum Gasteiger partial charge on any atom is -0.497 e. The molecule has 1 aliphatic heterocycles. The Labute approximate surface area is 197 Å². The molecule has 1 unspecified atom stereocenters. The second kappa shape index (κ2) is 9.92. The number of hydrogen-bond acceptors (Lipinski definition) is 5. The van der Waals surface area contributed by atoms with Gasteiger partial charge in [-0.2, -0.15) is 0 Å². The smallest absolute Gasteiger partial charge is 0.264 e. The molecule has 1 aliphatic rings. The van der Waals surface area contributed by atoms with Gasteiger partial charge in [0.05, 0.1) is 12.7 Å². The molecule has 33 heavy (non-hydrogen) atoms. The van der Waals surface area contributed by atoms with Gasteiger partial charge >= 0.3 is 0 Å². The Morgan fingerprint density at radius 2 is 2.03 bits per heavy atom. The Morgan fingerprint density at radius 3 is 2.73 bits per heavy atom. The fourth-order valence-corrected chi connectivity index (χ4v) is 3.89. The van der Waals surface area contributed by atoms with Crippen molar-refractivity contribution in [2.24, 2.45) is 0 Å². The summed E-state index contributed by atoms with van der Waals surface area (Å²) in [5, 5.41) is 2.98. The number of rotatable bonds is 6. The fraction of sp³-hybridized carbons (Fsp3) is 0.240. The van der Waals surface area contributed by atoms with Crippen molar-refractivity contribution in [3.8, 4) is 11.5 Å². The van der Waals surface area contributed by atoms with Crippen LogP contribution in [0, 0.1) is 0 Å². The second-order valence-corrected chi connectivity index (χ2v) is 8.03. The van der Waals surface area contributed by atoms with Crippen molar-refractivity contribution in [2.75, 3.05) is 12.4 Å². The van der Waals surface area contributed by atoms with Crippen LogP contribution in [0.5, 0.6) is 11.5 Å². The summed E-state index contributed by atoms with van der Waals surface area (Å²) in [5.74, 6) is 0.956. The van der Waals surface area contributed by atoms with Gasteiger partial charge in [-0.05, 0) is 54.4 Å². The molecule has 0 spiro atoms. The van der Waals surface area contributed by atoms with Crippen LogP contribution in [0.15, 0.2) is 60.8 Å². The zero-order valence-corrected chi connectivity index (χ0v) is 19.1. The summed E-state index contributed by atoms with van der Waals surface area (Å²) in [4.78, 5) is 31.5. The fourth-order valence-electron chi connectivity index (χ4n) is 3.68. The molecule has 7 nitrogen and oxygen atoms in total. The maximum Gasteiger partial charge on any atom is 0.264 e. The molecule has 1 atom stereocenters. The number of amides is 2. The standard InChI is InChI=1S/C25H24ClN3O4/c1-3-21-25(31)29(14-16-6-9-19(32-2)10-7-16)15-17-13-18(8-11-22(17)33-21)28-24(30)20-5-4-12-27-23(20)26/h4-13,21H,3,14-15H2,1-2H3,(H,28,30). The molecule has 4 rings (SSSR count). The average Bonchev–Trinajstić information content (AvgIpc) is 2.95. The molecular formula is C25H24ClN3O4. The molecule has 2 aromatic carbocycles. The number of methoxy groups -OCH3 is 1. The Morgan fingerprint density at radius 1 is 1.24 bits per heavy atom. The van der Waals surface area contributed by atoms with Crippen LogP contribution in [0.4, 0.5) is 5.69 Å². The summed E-state index contributed by atoms with van der Waals surface area (Å²) in [5.41, 5.74) is 2.66. The summed E-state index contributed by atoms with van der Waals surface area (Å²) in [7, 11) is 1.62. The number of carbonyl (C=O) groups excluding carboxylic acids is 2. The summed E-state index contributed by atoms with van der Waals surface area (Å²) in [6.45, 7) is 2.71. The first-order chi connectivity index (χ1) is 16.0. The maximum absolute atomic E-state index is 13.1. The Balaban J connectivity index is 1.58. The highest BCUT2D eigenvalue weighted by Gasteiger charge is 2.30. The highest BCUT2D eigenvalue weighted by atomic mass is 35.5. The minimum absolute atomic E-state index is 0.0720. The lowest BCUT2D eigenvalue weighted by atomic mass is 10.1. The van der Waals surface area contributed by atoms with Crippen molar-refractivity contribution in [3.05, 3.63) is 82.6 Å². The third-order valence-electron chi connectivity index (χ3n) is 5.44. The Hall–Kier alpha value is -3.58. The number of nitrogens with zero attached hydrogens (tertiary/aromatic N) is 2. The molecule has 0 saturated carbocycles. The SMILES string of the molecule is CCC1Oc2ccc(NC(=O)c3cccnc3Cl)cc2CN(Cc2ccc(OC)cc2)C1=O. The summed E-state index contributed by atoms with van der Waals surface area (Å²) >= 11 is 6.04. The number of nitrogens with one attached hydrogen (secondary N) is 1. The second-order valence-electron chi connectivity index (χ2n) is 7.68. The largest absolute Gasteiger partial charge is 0.497 e. The monoisotopic (exact) mass is 465 g/mol. The number of aromatic nitrogens is 1. The molecule has 0 saturated heterocycles. The van der Waals surface area contributed by atoms with Gasteiger partial charge in [-0.15, -0.1) is 0 Å². The topological polar surface area (TPSA) is 80.8 Å². The van der Waals surface area contributed by atoms with Gasteiger partial charge in [-0.25, -0.2) is 4.98 Å². The van der Waals surface area contributed by atoms with Crippen molar-refractivity contribution in [2.45, 2.75) is 32.5 Å². The van der Waals surface area contributed by atoms with E-state index in [1.165, 1.54) is 6.20 Å². The van der Waals surface area contributed by atoms with Crippen molar-refractivity contribution >= 4 is 29.1 Å². The summed E-state index contributed by atoms with van der Waals surface area (Å²) < 4.78 is 11.2. The van der Waals surface area contributed by atoms with Crippen LogP contribution >= 0.6 is 11.6 Å². The van der Waals surface area contributed by atoms with Crippen LogP contribution in [0.1, 0.15) is 34.8 Å². The molecular weight excluding hydrogens is 442 g/mol. The first-order valence-corrected chi connectivity index (χ1v) is 11.0. The third kappa shape index (κ3) is 5.09. The van der Waals surface area contributed by atoms with Gasteiger partial charge in [0.15, 0.2) is 6.10 Å². The number of anilines is 1. The molecule has 2 heterocycles. The Bertz CT molecular complexity index is 1170. The van der Waals surface area contributed by atoms with Gasteiger partial charge in [0.2, 0.25) is 0 Å². The van der Waals surface area contributed by atoms with Gasteiger partial charge < -0.3 is 19.7 Å². The van der Waals surface area contributed by atoms with Crippen LogP contribution in [0.25, 0.3) is 0 Å². The summed E-state index contributed by atoms with van der Waals surface area (Å²) in [6, 6.07) is 16.2. The quantitative estimate of drug-likeness (QED) is 0.534. The van der Waals surface area contributed by atoms with E-state index < -0.39 is 6.10 Å². The molecule has 0 bridgehead atoms. The number of carbonyl (C=O) groups is 2. The van der Waals surface area contributed by atoms with E-state index in [0.717, 1.165) is 16.9 Å². The number of fused-ring (bicyclic) bond motifs is 1. The van der Waals surface area contributed by atoms with E-state index in [-0.39, 0.29) is 22.5 Å². The lowest BCUT2D eigenvalue weighted by molar-refractivity contribution is -0.139. The van der Waals surface area contributed by atoms with E-state index in [2.05, 4.69) is 10.3 Å². The van der Waals surface area contributed by atoms with Gasteiger partial charge in [0.1, 0.15) is 16.7 Å². The maximum atomic E-state index is 13.1. The predicted octanol–water partition coefficient (Wildman–Crippen LogP) is 4.70. The zero-order chi connectivity index (χ0) is 23.4. The van der Waals surface area contributed by atoms with Crippen molar-refractivity contribution in [1.82, 2.24) is 9.88 Å². The molecule has 0 radical (unpaired) electrons. The highest BCUT2D eigenvalue weighted by molar-refractivity contribution is 6.33. The highest BCUT2D eigenvalue weighted by Crippen LogP contribution is 2.30. The van der Waals surface area contributed by atoms with Crippen LogP contribution in [-0.2, 0) is 17.9 Å². The molecule has 1 N–H and O–H groups in total. The predicted molar refractivity (Wildman–Crippen MR) is 126 cm³/mol. The number of halogens is 1. The van der Waals surface area contributed by atoms with E-state index in [4.69, 9.17) is 21.1 Å². The molecule has 8 heteroatoms. The van der Waals surface area contributed by atoms with E-state index >= 15 is 0 Å². The first kappa shape index (κ1) is 22.6. The van der Waals surface area contributed by atoms with Crippen LogP contribution in [0.2, 0.25) is 5.15 Å².